The zero-order chi connectivity index (χ0) is 13.1. The van der Waals surface area contributed by atoms with E-state index in [1.165, 1.54) is 12.1 Å². The Labute approximate surface area is 102 Å². The van der Waals surface area contributed by atoms with E-state index in [1.807, 2.05) is 0 Å². The smallest absolute Gasteiger partial charge is 0.320 e. The van der Waals surface area contributed by atoms with Gasteiger partial charge in [-0.1, -0.05) is 5.10 Å². The number of hydrogen-bond donors (Lipinski definition) is 2. The minimum Gasteiger partial charge on any atom is -0.406 e. The third kappa shape index (κ3) is 2.61. The predicted molar refractivity (Wildman–Crippen MR) is 63.3 cm³/mol. The molecule has 1 aromatic heterocycles. The Morgan fingerprint density at radius 2 is 2.06 bits per heavy atom. The maximum Gasteiger partial charge on any atom is 0.320 e. The highest BCUT2D eigenvalue weighted by atomic mass is 16.6. The van der Waals surface area contributed by atoms with Gasteiger partial charge in [0.25, 0.3) is 5.69 Å². The summed E-state index contributed by atoms with van der Waals surface area (Å²) in [7, 11) is 0. The Kier molecular flexibility index (Phi) is 3.20. The molecule has 1 aromatic carbocycles. The van der Waals surface area contributed by atoms with Gasteiger partial charge in [-0.15, -0.1) is 5.10 Å². The number of aromatic nitrogens is 2. The number of benzene rings is 1. The van der Waals surface area contributed by atoms with E-state index in [-0.39, 0.29) is 17.7 Å². The van der Waals surface area contributed by atoms with Crippen LogP contribution in [0.25, 0.3) is 0 Å². The fourth-order valence-corrected chi connectivity index (χ4v) is 1.26. The highest BCUT2D eigenvalue weighted by Gasteiger charge is 2.10. The normalized spacial score (nSPS) is 12.1. The van der Waals surface area contributed by atoms with E-state index in [0.717, 1.165) is 0 Å². The molecule has 1 atom stereocenters. The molecule has 0 aliphatic rings. The van der Waals surface area contributed by atoms with Crippen LogP contribution in [0.3, 0.4) is 0 Å². The van der Waals surface area contributed by atoms with Gasteiger partial charge in [-0.2, -0.15) is 0 Å². The van der Waals surface area contributed by atoms with E-state index in [4.69, 9.17) is 10.2 Å². The third-order valence-corrected chi connectivity index (χ3v) is 2.16. The molecule has 8 nitrogen and oxygen atoms in total. The first-order chi connectivity index (χ1) is 8.56. The van der Waals surface area contributed by atoms with Crippen molar-refractivity contribution in [2.45, 2.75) is 13.0 Å². The van der Waals surface area contributed by atoms with E-state index in [1.54, 1.807) is 19.1 Å². The first kappa shape index (κ1) is 12.0. The van der Waals surface area contributed by atoms with Crippen LogP contribution in [-0.2, 0) is 0 Å². The van der Waals surface area contributed by atoms with Crippen molar-refractivity contribution in [3.8, 4) is 0 Å². The lowest BCUT2D eigenvalue weighted by Crippen LogP contribution is -2.04. The Morgan fingerprint density at radius 3 is 2.56 bits per heavy atom. The van der Waals surface area contributed by atoms with Gasteiger partial charge >= 0.3 is 6.01 Å². The summed E-state index contributed by atoms with van der Waals surface area (Å²) in [5.41, 5.74) is 6.20. The van der Waals surface area contributed by atoms with E-state index in [9.17, 15) is 10.1 Å². The number of nitrogens with one attached hydrogen (secondary N) is 1. The van der Waals surface area contributed by atoms with E-state index >= 15 is 0 Å². The number of rotatable bonds is 4. The Hall–Kier alpha value is -2.48. The molecule has 8 heteroatoms. The van der Waals surface area contributed by atoms with Gasteiger partial charge in [0.15, 0.2) is 0 Å². The van der Waals surface area contributed by atoms with Gasteiger partial charge in [0.2, 0.25) is 5.89 Å². The first-order valence-electron chi connectivity index (χ1n) is 5.16. The van der Waals surface area contributed by atoms with Crippen LogP contribution in [0.15, 0.2) is 28.7 Å². The number of nitro groups is 1. The van der Waals surface area contributed by atoms with Crippen molar-refractivity contribution >= 4 is 17.4 Å². The summed E-state index contributed by atoms with van der Waals surface area (Å²) in [6.45, 7) is 1.73. The molecule has 0 fully saturated rings. The highest BCUT2D eigenvalue weighted by Crippen LogP contribution is 2.20. The van der Waals surface area contributed by atoms with Crippen LogP contribution in [0.5, 0.6) is 0 Å². The number of non-ortho nitro benzene ring substituents is 1. The van der Waals surface area contributed by atoms with E-state index in [0.29, 0.717) is 11.6 Å². The lowest BCUT2D eigenvalue weighted by Gasteiger charge is -2.00. The second-order valence-electron chi connectivity index (χ2n) is 3.66. The molecule has 2 aromatic rings. The predicted octanol–water partition coefficient (Wildman–Crippen LogP) is 1.74. The maximum absolute atomic E-state index is 10.5. The quantitative estimate of drug-likeness (QED) is 0.625. The maximum atomic E-state index is 10.5. The second-order valence-corrected chi connectivity index (χ2v) is 3.66. The largest absolute Gasteiger partial charge is 0.406 e. The van der Waals surface area contributed by atoms with Crippen molar-refractivity contribution in [3.63, 3.8) is 0 Å². The van der Waals surface area contributed by atoms with Crippen LogP contribution in [0, 0.1) is 10.1 Å². The lowest BCUT2D eigenvalue weighted by molar-refractivity contribution is -0.384. The fourth-order valence-electron chi connectivity index (χ4n) is 1.26. The first-order valence-corrected chi connectivity index (χ1v) is 5.16. The van der Waals surface area contributed by atoms with E-state index < -0.39 is 4.92 Å². The second kappa shape index (κ2) is 4.80. The Balaban J connectivity index is 2.10. The summed E-state index contributed by atoms with van der Waals surface area (Å²) in [4.78, 5) is 10.0. The summed E-state index contributed by atoms with van der Waals surface area (Å²) in [6.07, 6.45) is 0. The summed E-state index contributed by atoms with van der Waals surface area (Å²) in [6, 6.07) is 5.71. The van der Waals surface area contributed by atoms with E-state index in [2.05, 4.69) is 15.5 Å². The van der Waals surface area contributed by atoms with Crippen molar-refractivity contribution in [2.24, 2.45) is 5.73 Å². The monoisotopic (exact) mass is 249 g/mol. The molecule has 0 bridgehead atoms. The van der Waals surface area contributed by atoms with Gasteiger partial charge < -0.3 is 15.5 Å². The SMILES string of the molecule is CC(N)c1nnc(Nc2ccc([N+](=O)[O-])cc2)o1. The summed E-state index contributed by atoms with van der Waals surface area (Å²) in [5, 5.41) is 20.8. The minimum atomic E-state index is -0.468. The van der Waals surface area contributed by atoms with Crippen molar-refractivity contribution in [1.82, 2.24) is 10.2 Å². The van der Waals surface area contributed by atoms with Gasteiger partial charge in [-0.3, -0.25) is 10.1 Å². The van der Waals surface area contributed by atoms with Gasteiger partial charge in [0, 0.05) is 17.8 Å². The summed E-state index contributed by atoms with van der Waals surface area (Å²) in [5.74, 6) is 0.319. The Morgan fingerprint density at radius 1 is 1.39 bits per heavy atom. The molecule has 0 saturated heterocycles. The number of anilines is 2. The fraction of sp³-hybridized carbons (Fsp3) is 0.200. The molecule has 0 aliphatic heterocycles. The van der Waals surface area contributed by atoms with Gasteiger partial charge in [-0.05, 0) is 19.1 Å². The molecule has 0 spiro atoms. The number of nitrogens with zero attached hydrogens (tertiary/aromatic N) is 3. The molecule has 94 valence electrons. The third-order valence-electron chi connectivity index (χ3n) is 2.16. The molecule has 18 heavy (non-hydrogen) atoms. The van der Waals surface area contributed by atoms with Crippen LogP contribution >= 0.6 is 0 Å². The minimum absolute atomic E-state index is 0.0161. The van der Waals surface area contributed by atoms with Crippen LogP contribution in [0.4, 0.5) is 17.4 Å². The van der Waals surface area contributed by atoms with Crippen LogP contribution in [-0.4, -0.2) is 15.1 Å². The number of nitro benzene ring substituents is 1. The lowest BCUT2D eigenvalue weighted by atomic mass is 10.3. The average molecular weight is 249 g/mol. The Bertz CT molecular complexity index is 549. The van der Waals surface area contributed by atoms with Gasteiger partial charge in [0.1, 0.15) is 0 Å². The van der Waals surface area contributed by atoms with Crippen molar-refractivity contribution in [3.05, 3.63) is 40.3 Å². The van der Waals surface area contributed by atoms with Crippen LogP contribution in [0.1, 0.15) is 18.9 Å². The molecule has 0 radical (unpaired) electrons. The van der Waals surface area contributed by atoms with Crippen LogP contribution < -0.4 is 11.1 Å². The summed E-state index contributed by atoms with van der Waals surface area (Å²) < 4.78 is 5.23. The molecule has 0 saturated carbocycles. The zero-order valence-electron chi connectivity index (χ0n) is 9.53. The average Bonchev–Trinajstić information content (AvgIpc) is 2.78. The molecular weight excluding hydrogens is 238 g/mol. The standard InChI is InChI=1S/C10H11N5O3/c1-6(11)9-13-14-10(18-9)12-7-2-4-8(5-3-7)15(16)17/h2-6H,11H2,1H3,(H,12,14). The van der Waals surface area contributed by atoms with Crippen molar-refractivity contribution in [2.75, 3.05) is 5.32 Å². The summed E-state index contributed by atoms with van der Waals surface area (Å²) >= 11 is 0. The van der Waals surface area contributed by atoms with Gasteiger partial charge in [0.05, 0.1) is 11.0 Å². The topological polar surface area (TPSA) is 120 Å². The highest BCUT2D eigenvalue weighted by molar-refractivity contribution is 5.54. The molecule has 3 N–H and O–H groups in total. The molecule has 1 heterocycles. The number of nitrogens with two attached hydrogens (primary N) is 1. The van der Waals surface area contributed by atoms with Crippen molar-refractivity contribution in [1.29, 1.82) is 0 Å². The molecule has 0 amide bonds. The van der Waals surface area contributed by atoms with Crippen LogP contribution in [0.2, 0.25) is 0 Å². The molecule has 0 aliphatic carbocycles. The zero-order valence-corrected chi connectivity index (χ0v) is 9.53. The molecule has 2 rings (SSSR count). The molecule has 1 unspecified atom stereocenters. The number of hydrogen-bond acceptors (Lipinski definition) is 7. The molecular formula is C10H11N5O3. The van der Waals surface area contributed by atoms with Gasteiger partial charge in [-0.25, -0.2) is 0 Å². The van der Waals surface area contributed by atoms with Crippen molar-refractivity contribution < 1.29 is 9.34 Å².